The van der Waals surface area contributed by atoms with E-state index in [2.05, 4.69) is 75.2 Å². The fraction of sp³-hybridized carbons (Fsp3) is 0.176. The van der Waals surface area contributed by atoms with Gasteiger partial charge in [0.2, 0.25) is 0 Å². The molecule has 0 bridgehead atoms. The van der Waals surface area contributed by atoms with Crippen molar-refractivity contribution in [2.24, 2.45) is 5.73 Å². The van der Waals surface area contributed by atoms with Crippen molar-refractivity contribution in [3.05, 3.63) is 70.3 Å². The Bertz CT molecular complexity index is 713. The topological polar surface area (TPSA) is 30.9 Å². The number of hydrogen-bond acceptors (Lipinski definition) is 1. The number of halogens is 1. The highest BCUT2D eigenvalue weighted by Crippen LogP contribution is 2.22. The van der Waals surface area contributed by atoms with Crippen LogP contribution in [0.15, 0.2) is 59.2 Å². The Morgan fingerprint density at radius 2 is 1.80 bits per heavy atom. The zero-order chi connectivity index (χ0) is 13.9. The molecular formula is C17H17BrN2. The van der Waals surface area contributed by atoms with Gasteiger partial charge in [-0.3, -0.25) is 0 Å². The van der Waals surface area contributed by atoms with Crippen LogP contribution in [0.2, 0.25) is 0 Å². The third kappa shape index (κ3) is 2.65. The van der Waals surface area contributed by atoms with Gasteiger partial charge in [-0.2, -0.15) is 0 Å². The van der Waals surface area contributed by atoms with Crippen LogP contribution in [0, 0.1) is 0 Å². The molecule has 0 saturated heterocycles. The maximum absolute atomic E-state index is 5.68. The van der Waals surface area contributed by atoms with E-state index < -0.39 is 0 Å². The molecule has 3 aromatic rings. The van der Waals surface area contributed by atoms with Gasteiger partial charge in [-0.25, -0.2) is 0 Å². The molecule has 102 valence electrons. The highest BCUT2D eigenvalue weighted by atomic mass is 79.9. The lowest BCUT2D eigenvalue weighted by Gasteiger charge is -2.07. The minimum atomic E-state index is 0.691. The van der Waals surface area contributed by atoms with E-state index >= 15 is 0 Å². The van der Waals surface area contributed by atoms with Gasteiger partial charge in [-0.15, -0.1) is 0 Å². The van der Waals surface area contributed by atoms with E-state index in [1.165, 1.54) is 22.0 Å². The summed E-state index contributed by atoms with van der Waals surface area (Å²) in [5, 5.41) is 1.31. The predicted octanol–water partition coefficient (Wildman–Crippen LogP) is 3.95. The average Bonchev–Trinajstić information content (AvgIpc) is 2.86. The van der Waals surface area contributed by atoms with Crippen LogP contribution in [0.3, 0.4) is 0 Å². The van der Waals surface area contributed by atoms with E-state index in [0.29, 0.717) is 6.54 Å². The first-order valence-corrected chi connectivity index (χ1v) is 7.58. The molecule has 0 aliphatic carbocycles. The standard InChI is InChI=1S/C17H17BrN2/c18-15-6-4-13(5-7-15)12-20-11-9-16-14(8-10-19)2-1-3-17(16)20/h1-7,9,11H,8,10,12,19H2. The summed E-state index contributed by atoms with van der Waals surface area (Å²) in [5.41, 5.74) is 9.60. The third-order valence-electron chi connectivity index (χ3n) is 3.58. The second kappa shape index (κ2) is 5.81. The van der Waals surface area contributed by atoms with Crippen molar-refractivity contribution >= 4 is 26.8 Å². The van der Waals surface area contributed by atoms with Gasteiger partial charge in [0.25, 0.3) is 0 Å². The van der Waals surface area contributed by atoms with Crippen LogP contribution in [-0.4, -0.2) is 11.1 Å². The maximum Gasteiger partial charge on any atom is 0.0486 e. The first-order valence-electron chi connectivity index (χ1n) is 6.79. The number of nitrogens with two attached hydrogens (primary N) is 1. The van der Waals surface area contributed by atoms with Crippen molar-refractivity contribution in [3.63, 3.8) is 0 Å². The molecule has 0 saturated carbocycles. The molecule has 0 radical (unpaired) electrons. The Labute approximate surface area is 127 Å². The van der Waals surface area contributed by atoms with Gasteiger partial charge in [0.15, 0.2) is 0 Å². The number of nitrogens with zero attached hydrogens (tertiary/aromatic N) is 1. The van der Waals surface area contributed by atoms with Crippen LogP contribution in [0.5, 0.6) is 0 Å². The molecule has 0 amide bonds. The molecule has 1 heterocycles. The summed E-state index contributed by atoms with van der Waals surface area (Å²) >= 11 is 3.47. The summed E-state index contributed by atoms with van der Waals surface area (Å²) in [7, 11) is 0. The molecule has 2 nitrogen and oxygen atoms in total. The van der Waals surface area contributed by atoms with Gasteiger partial charge >= 0.3 is 0 Å². The first kappa shape index (κ1) is 13.4. The van der Waals surface area contributed by atoms with E-state index in [1.807, 2.05) is 0 Å². The van der Waals surface area contributed by atoms with Crippen molar-refractivity contribution in [3.8, 4) is 0 Å². The minimum Gasteiger partial charge on any atom is -0.343 e. The summed E-state index contributed by atoms with van der Waals surface area (Å²) in [6.45, 7) is 1.58. The second-order valence-electron chi connectivity index (χ2n) is 4.96. The molecular weight excluding hydrogens is 312 g/mol. The van der Waals surface area contributed by atoms with Gasteiger partial charge in [0.1, 0.15) is 0 Å². The van der Waals surface area contributed by atoms with Crippen molar-refractivity contribution in [2.45, 2.75) is 13.0 Å². The minimum absolute atomic E-state index is 0.691. The van der Waals surface area contributed by atoms with Crippen LogP contribution < -0.4 is 5.73 Å². The molecule has 0 atom stereocenters. The second-order valence-corrected chi connectivity index (χ2v) is 5.87. The zero-order valence-electron chi connectivity index (χ0n) is 11.2. The van der Waals surface area contributed by atoms with E-state index in [4.69, 9.17) is 5.73 Å². The van der Waals surface area contributed by atoms with E-state index in [0.717, 1.165) is 17.4 Å². The van der Waals surface area contributed by atoms with Gasteiger partial charge < -0.3 is 10.3 Å². The summed E-state index contributed by atoms with van der Waals surface area (Å²) in [6, 6.07) is 17.1. The SMILES string of the molecule is NCCc1cccc2c1ccn2Cc1ccc(Br)cc1. The Kier molecular flexibility index (Phi) is 3.90. The van der Waals surface area contributed by atoms with Gasteiger partial charge in [0.05, 0.1) is 0 Å². The molecule has 0 fully saturated rings. The van der Waals surface area contributed by atoms with Crippen LogP contribution in [-0.2, 0) is 13.0 Å². The molecule has 0 aliphatic heterocycles. The monoisotopic (exact) mass is 328 g/mol. The largest absolute Gasteiger partial charge is 0.343 e. The normalized spacial score (nSPS) is 11.1. The fourth-order valence-electron chi connectivity index (χ4n) is 2.59. The Balaban J connectivity index is 1.96. The molecule has 3 heteroatoms. The molecule has 2 N–H and O–H groups in total. The molecule has 0 spiro atoms. The van der Waals surface area contributed by atoms with Crippen molar-refractivity contribution < 1.29 is 0 Å². The fourth-order valence-corrected chi connectivity index (χ4v) is 2.85. The van der Waals surface area contributed by atoms with E-state index in [-0.39, 0.29) is 0 Å². The number of rotatable bonds is 4. The van der Waals surface area contributed by atoms with Crippen molar-refractivity contribution in [1.82, 2.24) is 4.57 Å². The van der Waals surface area contributed by atoms with Gasteiger partial charge in [-0.05, 0) is 48.4 Å². The van der Waals surface area contributed by atoms with E-state index in [9.17, 15) is 0 Å². The average molecular weight is 329 g/mol. The van der Waals surface area contributed by atoms with Crippen molar-refractivity contribution in [1.29, 1.82) is 0 Å². The number of hydrogen-bond donors (Lipinski definition) is 1. The molecule has 0 aliphatic rings. The summed E-state index contributed by atoms with van der Waals surface area (Å²) < 4.78 is 3.40. The lowest BCUT2D eigenvalue weighted by atomic mass is 10.1. The number of benzene rings is 2. The van der Waals surface area contributed by atoms with Gasteiger partial charge in [0, 0.05) is 28.1 Å². The zero-order valence-corrected chi connectivity index (χ0v) is 12.8. The third-order valence-corrected chi connectivity index (χ3v) is 4.11. The molecule has 3 rings (SSSR count). The van der Waals surface area contributed by atoms with Crippen LogP contribution in [0.25, 0.3) is 10.9 Å². The Morgan fingerprint density at radius 3 is 2.55 bits per heavy atom. The summed E-state index contributed by atoms with van der Waals surface area (Å²) in [6.07, 6.45) is 3.09. The molecule has 2 aromatic carbocycles. The lowest BCUT2D eigenvalue weighted by Crippen LogP contribution is -2.03. The van der Waals surface area contributed by atoms with Crippen LogP contribution >= 0.6 is 15.9 Å². The number of aromatic nitrogens is 1. The molecule has 20 heavy (non-hydrogen) atoms. The maximum atomic E-state index is 5.68. The highest BCUT2D eigenvalue weighted by Gasteiger charge is 2.05. The predicted molar refractivity (Wildman–Crippen MR) is 87.9 cm³/mol. The Morgan fingerprint density at radius 1 is 1.00 bits per heavy atom. The van der Waals surface area contributed by atoms with Crippen LogP contribution in [0.1, 0.15) is 11.1 Å². The van der Waals surface area contributed by atoms with Gasteiger partial charge in [-0.1, -0.05) is 40.2 Å². The molecule has 0 unspecified atom stereocenters. The lowest BCUT2D eigenvalue weighted by molar-refractivity contribution is 0.836. The summed E-state index contributed by atoms with van der Waals surface area (Å²) in [5.74, 6) is 0. The first-order chi connectivity index (χ1) is 9.78. The van der Waals surface area contributed by atoms with E-state index in [1.54, 1.807) is 0 Å². The van der Waals surface area contributed by atoms with Crippen molar-refractivity contribution in [2.75, 3.05) is 6.54 Å². The number of fused-ring (bicyclic) bond motifs is 1. The highest BCUT2D eigenvalue weighted by molar-refractivity contribution is 9.10. The molecule has 1 aromatic heterocycles. The quantitative estimate of drug-likeness (QED) is 0.772. The summed E-state index contributed by atoms with van der Waals surface area (Å²) in [4.78, 5) is 0. The van der Waals surface area contributed by atoms with Crippen LogP contribution in [0.4, 0.5) is 0 Å². The smallest absolute Gasteiger partial charge is 0.0486 e. The Hall–Kier alpha value is -1.58.